The fraction of sp³-hybridized carbons (Fsp3) is 0.500. The van der Waals surface area contributed by atoms with Gasteiger partial charge >= 0.3 is 5.97 Å². The van der Waals surface area contributed by atoms with E-state index >= 15 is 0 Å². The van der Waals surface area contributed by atoms with Crippen LogP contribution in [0.1, 0.15) is 57.1 Å². The summed E-state index contributed by atoms with van der Waals surface area (Å²) in [7, 11) is -3.49. The van der Waals surface area contributed by atoms with Gasteiger partial charge in [-0.15, -0.1) is 0 Å². The van der Waals surface area contributed by atoms with Crippen molar-refractivity contribution in [3.05, 3.63) is 64.7 Å². The molecule has 0 aliphatic carbocycles. The molecule has 0 bridgehead atoms. The van der Waals surface area contributed by atoms with Crippen molar-refractivity contribution in [3.8, 4) is 0 Å². The summed E-state index contributed by atoms with van der Waals surface area (Å²) in [5, 5.41) is 0.158. The smallest absolute Gasteiger partial charge is 0.330 e. The molecule has 11 heteroatoms. The number of ether oxygens (including phenoxy) is 1. The van der Waals surface area contributed by atoms with E-state index in [1.54, 1.807) is 49.1 Å². The van der Waals surface area contributed by atoms with Crippen molar-refractivity contribution >= 4 is 51.0 Å². The van der Waals surface area contributed by atoms with E-state index in [1.807, 2.05) is 30.0 Å². The maximum absolute atomic E-state index is 13.7. The number of esters is 1. The van der Waals surface area contributed by atoms with Gasteiger partial charge in [0, 0.05) is 49.3 Å². The molecular formula is C34H44ClN3O6S. The maximum atomic E-state index is 13.7. The average molecular weight is 658 g/mol. The standard InChI is InChI=1S/C34H44ClN3O6S/c1-4-44-33(40)13-9-27-7-11-30(12-8-27)45(42,43)31-16-20-36(21-17-31)18-5-19-38(29-10-6-25(2)32(35)24-29)34(41)28-14-22-37(23-15-28)26(3)39/h6-13,24,28,31H,4-5,14-23H2,1-3H3/b13-9+. The molecule has 2 aromatic carbocycles. The molecule has 2 fully saturated rings. The highest BCUT2D eigenvalue weighted by Gasteiger charge is 2.32. The molecule has 0 N–H and O–H groups in total. The molecule has 2 aromatic rings. The zero-order valence-electron chi connectivity index (χ0n) is 26.4. The van der Waals surface area contributed by atoms with Gasteiger partial charge in [0.25, 0.3) is 0 Å². The van der Waals surface area contributed by atoms with E-state index < -0.39 is 21.1 Å². The van der Waals surface area contributed by atoms with Crippen LogP contribution in [-0.4, -0.2) is 87.1 Å². The Balaban J connectivity index is 1.32. The van der Waals surface area contributed by atoms with E-state index in [0.29, 0.717) is 70.0 Å². The number of hydrogen-bond donors (Lipinski definition) is 0. The van der Waals surface area contributed by atoms with Crippen LogP contribution in [-0.2, 0) is 29.0 Å². The van der Waals surface area contributed by atoms with Gasteiger partial charge in [0.05, 0.1) is 16.8 Å². The second kappa shape index (κ2) is 15.9. The first-order valence-electron chi connectivity index (χ1n) is 15.7. The molecule has 0 radical (unpaired) electrons. The predicted octanol–water partition coefficient (Wildman–Crippen LogP) is 5.14. The SMILES string of the molecule is CCOC(=O)/C=C/c1ccc(S(=O)(=O)C2CCN(CCCN(C(=O)C3CCN(C(C)=O)CC3)c3ccc(C)c(Cl)c3)CC2)cc1. The molecule has 2 heterocycles. The number of carbonyl (C=O) groups excluding carboxylic acids is 3. The summed E-state index contributed by atoms with van der Waals surface area (Å²) < 4.78 is 31.6. The molecule has 0 unspecified atom stereocenters. The van der Waals surface area contributed by atoms with Crippen LogP contribution in [0.5, 0.6) is 0 Å². The second-order valence-electron chi connectivity index (χ2n) is 11.8. The zero-order valence-corrected chi connectivity index (χ0v) is 28.0. The normalized spacial score (nSPS) is 17.0. The number of nitrogens with zero attached hydrogens (tertiary/aromatic N) is 3. The molecule has 0 spiro atoms. The van der Waals surface area contributed by atoms with E-state index in [9.17, 15) is 22.8 Å². The molecule has 0 saturated carbocycles. The third-order valence-corrected chi connectivity index (χ3v) is 11.4. The van der Waals surface area contributed by atoms with Crippen molar-refractivity contribution < 1.29 is 27.5 Å². The largest absolute Gasteiger partial charge is 0.463 e. The number of piperidine rings is 2. The lowest BCUT2D eigenvalue weighted by Gasteiger charge is -2.35. The molecule has 244 valence electrons. The molecule has 2 amide bonds. The van der Waals surface area contributed by atoms with E-state index in [-0.39, 0.29) is 22.6 Å². The van der Waals surface area contributed by atoms with Crippen molar-refractivity contribution in [1.29, 1.82) is 0 Å². The molecule has 2 aliphatic rings. The topological polar surface area (TPSA) is 104 Å². The van der Waals surface area contributed by atoms with Gasteiger partial charge < -0.3 is 19.4 Å². The van der Waals surface area contributed by atoms with Gasteiger partial charge in [-0.25, -0.2) is 13.2 Å². The third-order valence-electron chi connectivity index (χ3n) is 8.76. The molecule has 45 heavy (non-hydrogen) atoms. The van der Waals surface area contributed by atoms with Crippen LogP contribution in [0, 0.1) is 12.8 Å². The summed E-state index contributed by atoms with van der Waals surface area (Å²) in [6, 6.07) is 12.3. The van der Waals surface area contributed by atoms with Crippen molar-refractivity contribution in [3.63, 3.8) is 0 Å². The minimum atomic E-state index is -3.49. The first kappa shape index (κ1) is 34.7. The van der Waals surface area contributed by atoms with E-state index in [0.717, 1.165) is 29.8 Å². The minimum Gasteiger partial charge on any atom is -0.463 e. The fourth-order valence-corrected chi connectivity index (χ4v) is 7.90. The summed E-state index contributed by atoms with van der Waals surface area (Å²) in [4.78, 5) is 43.2. The number of aryl methyl sites for hydroxylation is 1. The third kappa shape index (κ3) is 9.17. The van der Waals surface area contributed by atoms with Crippen LogP contribution in [0.4, 0.5) is 5.69 Å². The number of likely N-dealkylation sites (tertiary alicyclic amines) is 2. The lowest BCUT2D eigenvalue weighted by molar-refractivity contribution is -0.137. The fourth-order valence-electron chi connectivity index (χ4n) is 5.99. The number of sulfone groups is 1. The number of amides is 2. The Morgan fingerprint density at radius 2 is 1.67 bits per heavy atom. The summed E-state index contributed by atoms with van der Waals surface area (Å²) in [6.07, 6.45) is 6.03. The molecular weight excluding hydrogens is 614 g/mol. The van der Waals surface area contributed by atoms with Crippen molar-refractivity contribution in [2.75, 3.05) is 50.8 Å². The lowest BCUT2D eigenvalue weighted by Crippen LogP contribution is -2.45. The highest BCUT2D eigenvalue weighted by Crippen LogP contribution is 2.29. The number of hydrogen-bond acceptors (Lipinski definition) is 7. The van der Waals surface area contributed by atoms with Gasteiger partial charge in [-0.2, -0.15) is 0 Å². The number of anilines is 1. The molecule has 4 rings (SSSR count). The molecule has 9 nitrogen and oxygen atoms in total. The van der Waals surface area contributed by atoms with Crippen LogP contribution in [0.15, 0.2) is 53.4 Å². The Labute approximate surface area is 272 Å². The van der Waals surface area contributed by atoms with Gasteiger partial charge in [0.2, 0.25) is 11.8 Å². The van der Waals surface area contributed by atoms with E-state index in [1.165, 1.54) is 6.08 Å². The zero-order chi connectivity index (χ0) is 32.6. The second-order valence-corrected chi connectivity index (χ2v) is 14.4. The Morgan fingerprint density at radius 1 is 1.00 bits per heavy atom. The average Bonchev–Trinajstić information content (AvgIpc) is 3.04. The van der Waals surface area contributed by atoms with Crippen molar-refractivity contribution in [2.24, 2.45) is 5.92 Å². The Morgan fingerprint density at radius 3 is 2.27 bits per heavy atom. The van der Waals surface area contributed by atoms with Crippen molar-refractivity contribution in [2.45, 2.75) is 63.0 Å². The van der Waals surface area contributed by atoms with Gasteiger partial charge in [0.1, 0.15) is 0 Å². The Hall–Kier alpha value is -3.21. The molecule has 0 atom stereocenters. The van der Waals surface area contributed by atoms with Crippen LogP contribution < -0.4 is 4.90 Å². The van der Waals surface area contributed by atoms with Gasteiger partial charge in [-0.3, -0.25) is 9.59 Å². The first-order valence-corrected chi connectivity index (χ1v) is 17.7. The predicted molar refractivity (Wildman–Crippen MR) is 177 cm³/mol. The molecule has 2 aliphatic heterocycles. The number of rotatable bonds is 11. The number of halogens is 1. The monoisotopic (exact) mass is 657 g/mol. The lowest BCUT2D eigenvalue weighted by atomic mass is 9.94. The first-order chi connectivity index (χ1) is 21.5. The van der Waals surface area contributed by atoms with Crippen molar-refractivity contribution in [1.82, 2.24) is 9.80 Å². The quantitative estimate of drug-likeness (QED) is 0.243. The summed E-state index contributed by atoms with van der Waals surface area (Å²) in [5.41, 5.74) is 2.44. The minimum absolute atomic E-state index is 0.0396. The van der Waals surface area contributed by atoms with Crippen LogP contribution >= 0.6 is 11.6 Å². The molecule has 2 saturated heterocycles. The van der Waals surface area contributed by atoms with Crippen LogP contribution in [0.3, 0.4) is 0 Å². The van der Waals surface area contributed by atoms with Gasteiger partial charge in [0.15, 0.2) is 9.84 Å². The highest BCUT2D eigenvalue weighted by atomic mass is 35.5. The Kier molecular flexibility index (Phi) is 12.2. The van der Waals surface area contributed by atoms with Gasteiger partial charge in [-0.05, 0) is 107 Å². The van der Waals surface area contributed by atoms with Crippen LogP contribution in [0.25, 0.3) is 6.08 Å². The summed E-state index contributed by atoms with van der Waals surface area (Å²) in [6.45, 7) is 9.31. The van der Waals surface area contributed by atoms with Gasteiger partial charge in [-0.1, -0.05) is 29.8 Å². The number of carbonyl (C=O) groups is 3. The summed E-state index contributed by atoms with van der Waals surface area (Å²) in [5.74, 6) is -0.487. The number of benzene rings is 2. The van der Waals surface area contributed by atoms with Crippen LogP contribution in [0.2, 0.25) is 5.02 Å². The molecule has 0 aromatic heterocycles. The highest BCUT2D eigenvalue weighted by molar-refractivity contribution is 7.92. The Bertz CT molecular complexity index is 1480. The van der Waals surface area contributed by atoms with E-state index in [2.05, 4.69) is 4.90 Å². The maximum Gasteiger partial charge on any atom is 0.330 e. The summed E-state index contributed by atoms with van der Waals surface area (Å²) >= 11 is 6.44. The van der Waals surface area contributed by atoms with E-state index in [4.69, 9.17) is 16.3 Å².